The highest BCUT2D eigenvalue weighted by atomic mass is 28.3. The lowest BCUT2D eigenvalue weighted by Crippen LogP contribution is -2.43. The van der Waals surface area contributed by atoms with Crippen molar-refractivity contribution in [2.24, 2.45) is 0 Å². The van der Waals surface area contributed by atoms with Crippen LogP contribution >= 0.6 is 0 Å². The SMILES string of the molecule is CCCC1([SiH](OCC)OCC)CCC1. The summed E-state index contributed by atoms with van der Waals surface area (Å²) in [6.07, 6.45) is 6.65. The summed E-state index contributed by atoms with van der Waals surface area (Å²) in [6, 6.07) is 0. The third kappa shape index (κ3) is 2.58. The first kappa shape index (κ1) is 12.2. The van der Waals surface area contributed by atoms with Crippen LogP contribution in [-0.2, 0) is 8.85 Å². The van der Waals surface area contributed by atoms with Gasteiger partial charge in [0, 0.05) is 18.3 Å². The van der Waals surface area contributed by atoms with Gasteiger partial charge in [-0.3, -0.25) is 0 Å². The van der Waals surface area contributed by atoms with Gasteiger partial charge in [-0.15, -0.1) is 0 Å². The second-order valence-corrected chi connectivity index (χ2v) is 6.76. The third-order valence-corrected chi connectivity index (χ3v) is 6.37. The maximum absolute atomic E-state index is 5.86. The first-order chi connectivity index (χ1) is 6.79. The topological polar surface area (TPSA) is 18.5 Å². The smallest absolute Gasteiger partial charge is 0.327 e. The standard InChI is InChI=1S/C11H24O2Si/c1-4-8-11(9-7-10-11)14(12-5-2)13-6-3/h14H,4-10H2,1-3H3. The molecule has 84 valence electrons. The maximum Gasteiger partial charge on any atom is 0.327 e. The minimum absolute atomic E-state index is 0.487. The van der Waals surface area contributed by atoms with Crippen molar-refractivity contribution in [1.82, 2.24) is 0 Å². The maximum atomic E-state index is 5.86. The lowest BCUT2D eigenvalue weighted by Gasteiger charge is -2.45. The summed E-state index contributed by atoms with van der Waals surface area (Å²) < 4.78 is 11.7. The lowest BCUT2D eigenvalue weighted by molar-refractivity contribution is 0.146. The van der Waals surface area contributed by atoms with Crippen LogP contribution in [0.2, 0.25) is 5.04 Å². The summed E-state index contributed by atoms with van der Waals surface area (Å²) in [7, 11) is -1.39. The minimum Gasteiger partial charge on any atom is -0.397 e. The predicted molar refractivity (Wildman–Crippen MR) is 61.9 cm³/mol. The average molecular weight is 216 g/mol. The molecule has 0 N–H and O–H groups in total. The number of hydrogen-bond donors (Lipinski definition) is 0. The molecule has 3 heteroatoms. The summed E-state index contributed by atoms with van der Waals surface area (Å²) in [5.74, 6) is 0. The molecule has 0 aromatic carbocycles. The van der Waals surface area contributed by atoms with E-state index in [1.807, 2.05) is 0 Å². The molecular weight excluding hydrogens is 192 g/mol. The second-order valence-electron chi connectivity index (χ2n) is 4.21. The van der Waals surface area contributed by atoms with Crippen molar-refractivity contribution in [3.8, 4) is 0 Å². The van der Waals surface area contributed by atoms with E-state index in [0.29, 0.717) is 5.04 Å². The van der Waals surface area contributed by atoms with E-state index < -0.39 is 9.28 Å². The largest absolute Gasteiger partial charge is 0.397 e. The van der Waals surface area contributed by atoms with Gasteiger partial charge in [-0.1, -0.05) is 19.8 Å². The van der Waals surface area contributed by atoms with Gasteiger partial charge in [-0.25, -0.2) is 0 Å². The van der Waals surface area contributed by atoms with Crippen LogP contribution in [0.15, 0.2) is 0 Å². The Balaban J connectivity index is 2.52. The molecule has 0 heterocycles. The zero-order chi connectivity index (χ0) is 10.4. The summed E-state index contributed by atoms with van der Waals surface area (Å²) in [5, 5.41) is 0.487. The molecule has 2 nitrogen and oxygen atoms in total. The Bertz CT molecular complexity index is 151. The molecule has 0 unspecified atom stereocenters. The van der Waals surface area contributed by atoms with Crippen LogP contribution in [-0.4, -0.2) is 22.5 Å². The summed E-state index contributed by atoms with van der Waals surface area (Å²) in [4.78, 5) is 0. The Morgan fingerprint density at radius 1 is 1.07 bits per heavy atom. The Labute approximate surface area is 89.8 Å². The highest BCUT2D eigenvalue weighted by Gasteiger charge is 2.46. The number of hydrogen-bond acceptors (Lipinski definition) is 2. The molecule has 0 saturated heterocycles. The van der Waals surface area contributed by atoms with Crippen molar-refractivity contribution >= 4 is 9.28 Å². The van der Waals surface area contributed by atoms with E-state index in [4.69, 9.17) is 8.85 Å². The Morgan fingerprint density at radius 3 is 1.93 bits per heavy atom. The van der Waals surface area contributed by atoms with Gasteiger partial charge in [0.25, 0.3) is 0 Å². The van der Waals surface area contributed by atoms with Crippen molar-refractivity contribution in [2.45, 2.75) is 57.9 Å². The molecule has 1 saturated carbocycles. The van der Waals surface area contributed by atoms with Gasteiger partial charge in [-0.05, 0) is 33.1 Å². The van der Waals surface area contributed by atoms with E-state index >= 15 is 0 Å². The van der Waals surface area contributed by atoms with Crippen molar-refractivity contribution in [2.75, 3.05) is 13.2 Å². The van der Waals surface area contributed by atoms with E-state index in [-0.39, 0.29) is 0 Å². The van der Waals surface area contributed by atoms with E-state index in [2.05, 4.69) is 20.8 Å². The van der Waals surface area contributed by atoms with E-state index in [1.54, 1.807) is 0 Å². The molecule has 1 aliphatic rings. The van der Waals surface area contributed by atoms with Gasteiger partial charge in [0.1, 0.15) is 0 Å². The normalized spacial score (nSPS) is 19.7. The van der Waals surface area contributed by atoms with Crippen molar-refractivity contribution in [3.05, 3.63) is 0 Å². The van der Waals surface area contributed by atoms with Crippen LogP contribution in [0.3, 0.4) is 0 Å². The van der Waals surface area contributed by atoms with Crippen LogP contribution in [0.1, 0.15) is 52.9 Å². The van der Waals surface area contributed by atoms with Gasteiger partial charge in [-0.2, -0.15) is 0 Å². The highest BCUT2D eigenvalue weighted by molar-refractivity contribution is 6.49. The van der Waals surface area contributed by atoms with Crippen LogP contribution in [0, 0.1) is 0 Å². The molecule has 0 radical (unpaired) electrons. The van der Waals surface area contributed by atoms with Crippen molar-refractivity contribution in [3.63, 3.8) is 0 Å². The fraction of sp³-hybridized carbons (Fsp3) is 1.00. The van der Waals surface area contributed by atoms with Crippen molar-refractivity contribution in [1.29, 1.82) is 0 Å². The first-order valence-corrected chi connectivity index (χ1v) is 7.54. The zero-order valence-electron chi connectivity index (χ0n) is 9.84. The highest BCUT2D eigenvalue weighted by Crippen LogP contribution is 2.54. The number of rotatable bonds is 7. The molecule has 0 aliphatic heterocycles. The van der Waals surface area contributed by atoms with Crippen LogP contribution in [0.25, 0.3) is 0 Å². The van der Waals surface area contributed by atoms with Crippen molar-refractivity contribution < 1.29 is 8.85 Å². The van der Waals surface area contributed by atoms with E-state index in [1.165, 1.54) is 32.1 Å². The first-order valence-electron chi connectivity index (χ1n) is 6.02. The fourth-order valence-corrected chi connectivity index (χ4v) is 5.25. The Hall–Kier alpha value is 0.137. The Morgan fingerprint density at radius 2 is 1.64 bits per heavy atom. The molecule has 0 aromatic heterocycles. The van der Waals surface area contributed by atoms with Gasteiger partial charge in [0.15, 0.2) is 0 Å². The zero-order valence-corrected chi connectivity index (χ0v) is 11.0. The van der Waals surface area contributed by atoms with Gasteiger partial charge < -0.3 is 8.85 Å². The molecular formula is C11H24O2Si. The second kappa shape index (κ2) is 5.88. The van der Waals surface area contributed by atoms with E-state index in [9.17, 15) is 0 Å². The summed E-state index contributed by atoms with van der Waals surface area (Å²) >= 11 is 0. The average Bonchev–Trinajstić information content (AvgIpc) is 2.11. The Kier molecular flexibility index (Phi) is 5.13. The minimum atomic E-state index is -1.39. The summed E-state index contributed by atoms with van der Waals surface area (Å²) in [6.45, 7) is 8.07. The monoisotopic (exact) mass is 216 g/mol. The molecule has 1 fully saturated rings. The molecule has 1 aliphatic carbocycles. The quantitative estimate of drug-likeness (QED) is 0.609. The molecule has 0 spiro atoms. The van der Waals surface area contributed by atoms with Gasteiger partial charge in [0.05, 0.1) is 0 Å². The van der Waals surface area contributed by atoms with Gasteiger partial charge in [0.2, 0.25) is 0 Å². The molecule has 14 heavy (non-hydrogen) atoms. The van der Waals surface area contributed by atoms with Gasteiger partial charge >= 0.3 is 9.28 Å². The van der Waals surface area contributed by atoms with Crippen LogP contribution in [0.4, 0.5) is 0 Å². The summed E-state index contributed by atoms with van der Waals surface area (Å²) in [5.41, 5.74) is 0. The third-order valence-electron chi connectivity index (χ3n) is 3.23. The predicted octanol–water partition coefficient (Wildman–Crippen LogP) is 3.00. The fourth-order valence-electron chi connectivity index (χ4n) is 2.44. The molecule has 0 atom stereocenters. The van der Waals surface area contributed by atoms with E-state index in [0.717, 1.165) is 13.2 Å². The molecule has 0 bridgehead atoms. The van der Waals surface area contributed by atoms with Crippen LogP contribution in [0.5, 0.6) is 0 Å². The molecule has 0 aromatic rings. The lowest BCUT2D eigenvalue weighted by atomic mass is 9.81. The molecule has 1 rings (SSSR count). The van der Waals surface area contributed by atoms with Crippen LogP contribution < -0.4 is 0 Å². The molecule has 0 amide bonds.